The molecule has 0 fully saturated rings. The Bertz CT molecular complexity index is 584. The first-order valence-corrected chi connectivity index (χ1v) is 4.47. The smallest absolute Gasteiger partial charge is 0.391 e. The molecule has 0 amide bonds. The second kappa shape index (κ2) is 7.37. The van der Waals surface area contributed by atoms with Crippen molar-refractivity contribution in [3.63, 3.8) is 0 Å². The fourth-order valence-corrected chi connectivity index (χ4v) is 0.743. The van der Waals surface area contributed by atoms with Crippen LogP contribution in [0.5, 0.6) is 0 Å². The van der Waals surface area contributed by atoms with E-state index in [1.54, 1.807) is 0 Å². The van der Waals surface area contributed by atoms with Crippen LogP contribution in [-0.2, 0) is 11.5 Å². The second-order valence-corrected chi connectivity index (χ2v) is 2.57. The monoisotopic (exact) mass is 265 g/mol. The SMILES string of the molecule is C=Nc1nc(COO)no1.[C-]#[N+]c1noc(N=C)n1. The van der Waals surface area contributed by atoms with Crippen LogP contribution in [0.15, 0.2) is 19.0 Å². The van der Waals surface area contributed by atoms with E-state index >= 15 is 0 Å². The van der Waals surface area contributed by atoms with Crippen LogP contribution in [0.1, 0.15) is 5.82 Å². The third-order valence-electron chi connectivity index (χ3n) is 1.43. The molecule has 0 aliphatic rings. The molecule has 0 bridgehead atoms. The summed E-state index contributed by atoms with van der Waals surface area (Å²) in [5.41, 5.74) is 0. The van der Waals surface area contributed by atoms with Crippen molar-refractivity contribution in [1.29, 1.82) is 0 Å². The molecule has 19 heavy (non-hydrogen) atoms. The number of aliphatic imine (C=N–C) groups is 2. The summed E-state index contributed by atoms with van der Waals surface area (Å²) in [7, 11) is 0. The van der Waals surface area contributed by atoms with Gasteiger partial charge in [-0.05, 0) is 13.4 Å². The van der Waals surface area contributed by atoms with Crippen LogP contribution in [0, 0.1) is 6.57 Å². The van der Waals surface area contributed by atoms with Crippen molar-refractivity contribution < 1.29 is 19.2 Å². The Kier molecular flexibility index (Phi) is 5.47. The molecule has 11 heteroatoms. The van der Waals surface area contributed by atoms with Gasteiger partial charge >= 0.3 is 18.0 Å². The number of rotatable bonds is 4. The number of aromatic nitrogens is 4. The van der Waals surface area contributed by atoms with E-state index in [1.165, 1.54) is 0 Å². The third kappa shape index (κ3) is 4.42. The lowest BCUT2D eigenvalue weighted by molar-refractivity contribution is -0.254. The lowest BCUT2D eigenvalue weighted by atomic mass is 10.7. The van der Waals surface area contributed by atoms with E-state index in [0.717, 1.165) is 0 Å². The summed E-state index contributed by atoms with van der Waals surface area (Å²) >= 11 is 0. The Balaban J connectivity index is 0.000000191. The van der Waals surface area contributed by atoms with Gasteiger partial charge in [-0.15, -0.1) is 6.57 Å². The molecule has 0 saturated carbocycles. The maximum absolute atomic E-state index is 7.93. The Morgan fingerprint density at radius 2 is 1.84 bits per heavy atom. The molecule has 0 atom stereocenters. The van der Waals surface area contributed by atoms with Crippen molar-refractivity contribution in [1.82, 2.24) is 20.3 Å². The molecule has 0 unspecified atom stereocenters. The molecule has 0 aliphatic carbocycles. The zero-order valence-corrected chi connectivity index (χ0v) is 9.42. The predicted molar refractivity (Wildman–Crippen MR) is 60.7 cm³/mol. The Labute approximate surface area is 106 Å². The fraction of sp³-hybridized carbons (Fsp3) is 0.125. The zero-order valence-electron chi connectivity index (χ0n) is 9.42. The van der Waals surface area contributed by atoms with E-state index in [2.05, 4.69) is 62.5 Å². The van der Waals surface area contributed by atoms with Gasteiger partial charge in [0.1, 0.15) is 6.61 Å². The highest BCUT2D eigenvalue weighted by atomic mass is 17.1. The van der Waals surface area contributed by atoms with E-state index in [1.807, 2.05) is 0 Å². The molecule has 98 valence electrons. The van der Waals surface area contributed by atoms with Gasteiger partial charge in [0.15, 0.2) is 0 Å². The van der Waals surface area contributed by atoms with Gasteiger partial charge in [0, 0.05) is 5.16 Å². The maximum Gasteiger partial charge on any atom is 0.421 e. The van der Waals surface area contributed by atoms with Crippen LogP contribution < -0.4 is 0 Å². The van der Waals surface area contributed by atoms with Gasteiger partial charge in [-0.3, -0.25) is 5.26 Å². The first-order chi connectivity index (χ1) is 9.23. The topological polar surface area (TPSA) is 136 Å². The summed E-state index contributed by atoms with van der Waals surface area (Å²) in [4.78, 5) is 20.4. The quantitative estimate of drug-likeness (QED) is 0.378. The summed E-state index contributed by atoms with van der Waals surface area (Å²) in [6, 6.07) is 0.0908. The van der Waals surface area contributed by atoms with Crippen molar-refractivity contribution in [2.75, 3.05) is 0 Å². The highest BCUT2D eigenvalue weighted by Gasteiger charge is 2.04. The lowest BCUT2D eigenvalue weighted by Crippen LogP contribution is -1.88. The summed E-state index contributed by atoms with van der Waals surface area (Å²) in [5.74, 6) is 0.183. The molecular formula is C8H7N7O4. The van der Waals surface area contributed by atoms with Gasteiger partial charge in [-0.1, -0.05) is 10.1 Å². The molecule has 2 heterocycles. The zero-order chi connectivity index (χ0) is 14.1. The highest BCUT2D eigenvalue weighted by molar-refractivity contribution is 5.35. The average Bonchev–Trinajstić information content (AvgIpc) is 3.08. The van der Waals surface area contributed by atoms with Crippen LogP contribution in [0.2, 0.25) is 0 Å². The third-order valence-corrected chi connectivity index (χ3v) is 1.43. The maximum atomic E-state index is 7.93. The van der Waals surface area contributed by atoms with E-state index < -0.39 is 0 Å². The van der Waals surface area contributed by atoms with Crippen LogP contribution in [-0.4, -0.2) is 39.0 Å². The van der Waals surface area contributed by atoms with Crippen molar-refractivity contribution >= 4 is 31.4 Å². The molecule has 0 spiro atoms. The first kappa shape index (κ1) is 14.1. The Morgan fingerprint density at radius 3 is 2.26 bits per heavy atom. The molecule has 0 aliphatic heterocycles. The van der Waals surface area contributed by atoms with Crippen LogP contribution in [0.3, 0.4) is 0 Å². The van der Waals surface area contributed by atoms with Crippen molar-refractivity contribution in [3.8, 4) is 0 Å². The normalized spacial score (nSPS) is 9.05. The van der Waals surface area contributed by atoms with Crippen LogP contribution in [0.4, 0.5) is 18.0 Å². The molecule has 0 aromatic carbocycles. The van der Waals surface area contributed by atoms with Gasteiger partial charge in [-0.2, -0.15) is 9.98 Å². The molecule has 0 radical (unpaired) electrons. The summed E-state index contributed by atoms with van der Waals surface area (Å²) < 4.78 is 8.89. The predicted octanol–water partition coefficient (Wildman–Crippen LogP) is 1.34. The number of hydrogen-bond donors (Lipinski definition) is 1. The van der Waals surface area contributed by atoms with Gasteiger partial charge in [0.05, 0.1) is 0 Å². The minimum atomic E-state index is -0.112. The molecule has 0 saturated heterocycles. The van der Waals surface area contributed by atoms with Gasteiger partial charge in [0.25, 0.3) is 0 Å². The number of hydrogen-bond acceptors (Lipinski definition) is 10. The number of nitrogens with zero attached hydrogens (tertiary/aromatic N) is 7. The van der Waals surface area contributed by atoms with Crippen LogP contribution >= 0.6 is 0 Å². The molecule has 2 aromatic heterocycles. The molecule has 11 nitrogen and oxygen atoms in total. The Hall–Kier alpha value is -2.97. The minimum Gasteiger partial charge on any atom is -0.391 e. The fourth-order valence-electron chi connectivity index (χ4n) is 0.743. The van der Waals surface area contributed by atoms with Crippen molar-refractivity contribution in [3.05, 3.63) is 17.2 Å². The largest absolute Gasteiger partial charge is 0.421 e. The van der Waals surface area contributed by atoms with Gasteiger partial charge in [-0.25, -0.2) is 14.4 Å². The molecule has 2 rings (SSSR count). The Morgan fingerprint density at radius 1 is 1.21 bits per heavy atom. The average molecular weight is 265 g/mol. The van der Waals surface area contributed by atoms with Crippen LogP contribution in [0.25, 0.3) is 4.85 Å². The second-order valence-electron chi connectivity index (χ2n) is 2.57. The van der Waals surface area contributed by atoms with E-state index in [9.17, 15) is 0 Å². The summed E-state index contributed by atoms with van der Waals surface area (Å²) in [5, 5.41) is 14.5. The molecular weight excluding hydrogens is 258 g/mol. The lowest BCUT2D eigenvalue weighted by Gasteiger charge is -1.82. The minimum absolute atomic E-state index is 0.0287. The van der Waals surface area contributed by atoms with E-state index in [4.69, 9.17) is 11.8 Å². The van der Waals surface area contributed by atoms with Crippen molar-refractivity contribution in [2.24, 2.45) is 9.98 Å². The van der Waals surface area contributed by atoms with E-state index in [0.29, 0.717) is 0 Å². The van der Waals surface area contributed by atoms with Gasteiger partial charge < -0.3 is 9.37 Å². The summed E-state index contributed by atoms with van der Waals surface area (Å²) in [6.07, 6.45) is 0. The van der Waals surface area contributed by atoms with E-state index in [-0.39, 0.29) is 30.4 Å². The summed E-state index contributed by atoms with van der Waals surface area (Å²) in [6.45, 7) is 12.6. The highest BCUT2D eigenvalue weighted by Crippen LogP contribution is 2.11. The molecule has 2 aromatic rings. The van der Waals surface area contributed by atoms with Gasteiger partial charge in [0.2, 0.25) is 5.82 Å². The standard InChI is InChI=1S/C4H2N4O.C4H5N3O3/c1-5-3-7-4(6-2)9-8-3;1-5-4-6-3(2-9-8)7-10-4/h2H2;8H,1-2H2. The van der Waals surface area contributed by atoms with Crippen molar-refractivity contribution in [2.45, 2.75) is 6.61 Å². The molecule has 1 N–H and O–H groups in total. The first-order valence-electron chi connectivity index (χ1n) is 4.47.